The van der Waals surface area contributed by atoms with Gasteiger partial charge in [0.25, 0.3) is 0 Å². The number of aliphatic carboxylic acids is 4. The Morgan fingerprint density at radius 2 is 1.16 bits per heavy atom. The van der Waals surface area contributed by atoms with Crippen molar-refractivity contribution < 1.29 is 78.6 Å². The van der Waals surface area contributed by atoms with E-state index in [9.17, 15) is 73.5 Å². The zero-order chi connectivity index (χ0) is 42.7. The summed E-state index contributed by atoms with van der Waals surface area (Å²) >= 11 is 0. The molecule has 26 nitrogen and oxygen atoms in total. The monoisotopic (exact) mass is 804 g/mol. The van der Waals surface area contributed by atoms with E-state index in [1.54, 1.807) is 0 Å². The Labute approximate surface area is 317 Å². The van der Waals surface area contributed by atoms with Gasteiger partial charge in [-0.2, -0.15) is 0 Å². The van der Waals surface area contributed by atoms with Crippen LogP contribution in [0.1, 0.15) is 51.4 Å². The quantitative estimate of drug-likeness (QED) is 0.0231. The minimum Gasteiger partial charge on any atom is -0.481 e. The molecular weight excluding hydrogens is 756 g/mol. The molecule has 314 valence electrons. The van der Waals surface area contributed by atoms with Gasteiger partial charge in [-0.15, -0.1) is 0 Å². The average Bonchev–Trinajstić information content (AvgIpc) is 3.61. The van der Waals surface area contributed by atoms with Gasteiger partial charge in [0.2, 0.25) is 35.4 Å². The summed E-state index contributed by atoms with van der Waals surface area (Å²) in [5.74, 6) is -13.2. The lowest BCUT2D eigenvalue weighted by atomic mass is 10.1. The SMILES string of the molecule is NC(N)=NCCC[C@H](NC(=O)[C@H](CC(=O)O)NC(=O)[C@H](CO)NC(=O)[C@H](CC(=O)O)NC(=O)[C@@H](N)CCC(=O)O)C(=O)N1CCC[C@H]1C(=O)N[C@@H](CO)C(=O)O. The van der Waals surface area contributed by atoms with Crippen molar-refractivity contribution in [2.75, 3.05) is 26.3 Å². The molecule has 0 aliphatic carbocycles. The highest BCUT2D eigenvalue weighted by molar-refractivity contribution is 5.98. The second kappa shape index (κ2) is 23.6. The number of carbonyl (C=O) groups excluding carboxylic acids is 6. The Kier molecular flexibility index (Phi) is 20.2. The molecule has 56 heavy (non-hydrogen) atoms. The van der Waals surface area contributed by atoms with Gasteiger partial charge in [-0.3, -0.25) is 48.1 Å². The molecule has 0 aromatic heterocycles. The third kappa shape index (κ3) is 16.5. The summed E-state index contributed by atoms with van der Waals surface area (Å²) in [5, 5.41) is 66.3. The molecule has 1 fully saturated rings. The number of nitrogens with two attached hydrogens (primary N) is 3. The lowest BCUT2D eigenvalue weighted by molar-refractivity contribution is -0.146. The summed E-state index contributed by atoms with van der Waals surface area (Å²) in [5.41, 5.74) is 16.3. The third-order valence-electron chi connectivity index (χ3n) is 8.04. The molecule has 0 saturated carbocycles. The number of rotatable bonds is 25. The van der Waals surface area contributed by atoms with Crippen molar-refractivity contribution in [2.24, 2.45) is 22.2 Å². The third-order valence-corrected chi connectivity index (χ3v) is 8.04. The van der Waals surface area contributed by atoms with Crippen LogP contribution in [0, 0.1) is 0 Å². The maximum atomic E-state index is 13.8. The number of nitrogens with one attached hydrogen (secondary N) is 5. The molecule has 1 rings (SSSR count). The fraction of sp³-hybridized carbons (Fsp3) is 0.633. The summed E-state index contributed by atoms with van der Waals surface area (Å²) in [7, 11) is 0. The van der Waals surface area contributed by atoms with Gasteiger partial charge in [-0.05, 0) is 32.1 Å². The first kappa shape index (κ1) is 47.9. The van der Waals surface area contributed by atoms with Gasteiger partial charge in [0.15, 0.2) is 5.96 Å². The van der Waals surface area contributed by atoms with Gasteiger partial charge in [-0.1, -0.05) is 0 Å². The molecule has 1 aliphatic rings. The second-order valence-corrected chi connectivity index (χ2v) is 12.4. The second-order valence-electron chi connectivity index (χ2n) is 12.4. The Morgan fingerprint density at radius 1 is 0.661 bits per heavy atom. The van der Waals surface area contributed by atoms with Crippen LogP contribution < -0.4 is 43.8 Å². The van der Waals surface area contributed by atoms with Crippen molar-refractivity contribution >= 4 is 65.3 Å². The van der Waals surface area contributed by atoms with Gasteiger partial charge in [0, 0.05) is 19.5 Å². The van der Waals surface area contributed by atoms with Crippen molar-refractivity contribution in [3.05, 3.63) is 0 Å². The largest absolute Gasteiger partial charge is 0.481 e. The Morgan fingerprint density at radius 3 is 1.64 bits per heavy atom. The lowest BCUT2D eigenvalue weighted by Crippen LogP contribution is -2.60. The van der Waals surface area contributed by atoms with Gasteiger partial charge >= 0.3 is 23.9 Å². The molecule has 0 unspecified atom stereocenters. The highest BCUT2D eigenvalue weighted by atomic mass is 16.4. The first-order valence-electron chi connectivity index (χ1n) is 16.9. The van der Waals surface area contributed by atoms with E-state index in [2.05, 4.69) is 15.6 Å². The van der Waals surface area contributed by atoms with Gasteiger partial charge in [0.1, 0.15) is 36.3 Å². The van der Waals surface area contributed by atoms with Crippen LogP contribution >= 0.6 is 0 Å². The zero-order valence-corrected chi connectivity index (χ0v) is 29.9. The van der Waals surface area contributed by atoms with E-state index in [0.717, 1.165) is 4.90 Å². The van der Waals surface area contributed by atoms with Crippen LogP contribution in [0.25, 0.3) is 0 Å². The van der Waals surface area contributed by atoms with Crippen LogP contribution in [0.2, 0.25) is 0 Å². The zero-order valence-electron chi connectivity index (χ0n) is 29.9. The van der Waals surface area contributed by atoms with E-state index in [4.69, 9.17) is 22.3 Å². The van der Waals surface area contributed by atoms with E-state index in [-0.39, 0.29) is 51.2 Å². The number of aliphatic hydroxyl groups excluding tert-OH is 2. The van der Waals surface area contributed by atoms with Crippen molar-refractivity contribution in [1.82, 2.24) is 31.5 Å². The van der Waals surface area contributed by atoms with Gasteiger partial charge in [0.05, 0.1) is 32.1 Å². The van der Waals surface area contributed by atoms with Crippen molar-refractivity contribution in [1.29, 1.82) is 0 Å². The van der Waals surface area contributed by atoms with Crippen molar-refractivity contribution in [2.45, 2.75) is 93.7 Å². The summed E-state index contributed by atoms with van der Waals surface area (Å²) < 4.78 is 0. The number of amides is 6. The summed E-state index contributed by atoms with van der Waals surface area (Å²) in [6.07, 6.45) is -2.92. The number of likely N-dealkylation sites (tertiary alicyclic amines) is 1. The van der Waals surface area contributed by atoms with Crippen LogP contribution in [0.4, 0.5) is 0 Å². The highest BCUT2D eigenvalue weighted by Crippen LogP contribution is 2.20. The number of guanidine groups is 1. The first-order valence-corrected chi connectivity index (χ1v) is 16.9. The lowest BCUT2D eigenvalue weighted by Gasteiger charge is -2.30. The van der Waals surface area contributed by atoms with Crippen molar-refractivity contribution in [3.8, 4) is 0 Å². The normalized spacial score (nSPS) is 16.7. The molecule has 0 radical (unpaired) electrons. The Bertz CT molecular complexity index is 1510. The molecule has 7 atom stereocenters. The molecule has 6 amide bonds. The minimum absolute atomic E-state index is 0.0289. The summed E-state index contributed by atoms with van der Waals surface area (Å²) in [4.78, 5) is 129. The first-order chi connectivity index (χ1) is 26.2. The van der Waals surface area contributed by atoms with Crippen LogP contribution in [-0.4, -0.2) is 169 Å². The number of carbonyl (C=O) groups is 10. The molecule has 1 heterocycles. The Hall–Kier alpha value is -6.15. The maximum absolute atomic E-state index is 13.8. The van der Waals surface area contributed by atoms with Crippen LogP contribution in [-0.2, 0) is 47.9 Å². The number of hydrogen-bond acceptors (Lipinski definition) is 14. The van der Waals surface area contributed by atoms with Crippen molar-refractivity contribution in [3.63, 3.8) is 0 Å². The average molecular weight is 805 g/mol. The summed E-state index contributed by atoms with van der Waals surface area (Å²) in [6.45, 7) is -2.23. The molecule has 0 aromatic rings. The molecule has 17 N–H and O–H groups in total. The molecule has 26 heteroatoms. The fourth-order valence-corrected chi connectivity index (χ4v) is 5.19. The topological polar surface area (TPSA) is 446 Å². The highest BCUT2D eigenvalue weighted by Gasteiger charge is 2.40. The van der Waals surface area contributed by atoms with Crippen LogP contribution in [0.5, 0.6) is 0 Å². The molecule has 0 aromatic carbocycles. The number of carboxylic acid groups (broad SMARTS) is 4. The number of hydrogen-bond donors (Lipinski definition) is 14. The number of aliphatic imine (C=N–C) groups is 1. The predicted molar refractivity (Wildman–Crippen MR) is 185 cm³/mol. The van der Waals surface area contributed by atoms with Gasteiger partial charge < -0.3 is 79.3 Å². The molecule has 0 spiro atoms. The van der Waals surface area contributed by atoms with E-state index >= 15 is 0 Å². The number of carboxylic acids is 4. The van der Waals surface area contributed by atoms with E-state index in [1.165, 1.54) is 0 Å². The fourth-order valence-electron chi connectivity index (χ4n) is 5.19. The smallest absolute Gasteiger partial charge is 0.328 e. The summed E-state index contributed by atoms with van der Waals surface area (Å²) in [6, 6.07) is -11.8. The number of aliphatic hydroxyl groups is 2. The minimum atomic E-state index is -1.99. The standard InChI is InChI=1S/C30H48N10O16/c31-13(5-6-20(43)44)23(49)36-15(9-21(45)46)25(51)38-17(11-41)26(52)37-16(10-22(47)48)24(50)35-14(3-1-7-34-30(32)33)28(54)40-8-2-4-19(40)27(53)39-18(12-42)29(55)56/h13-19,41-42H,1-12,31H2,(H,35,50)(H,36,49)(H,37,52)(H,38,51)(H,39,53)(H,43,44)(H,45,46)(H,47,48)(H,55,56)(H4,32,33,34)/t13-,14-,15-,16-,17-,18-,19-/m0/s1. The molecule has 0 bridgehead atoms. The molecule has 1 saturated heterocycles. The van der Waals surface area contributed by atoms with E-state index < -0.39 is 134 Å². The molecule has 1 aliphatic heterocycles. The van der Waals surface area contributed by atoms with Crippen LogP contribution in [0.15, 0.2) is 4.99 Å². The van der Waals surface area contributed by atoms with Gasteiger partial charge in [-0.25, -0.2) is 4.79 Å². The van der Waals surface area contributed by atoms with Crippen LogP contribution in [0.3, 0.4) is 0 Å². The maximum Gasteiger partial charge on any atom is 0.328 e. The van der Waals surface area contributed by atoms with E-state index in [0.29, 0.717) is 0 Å². The van der Waals surface area contributed by atoms with E-state index in [1.807, 2.05) is 16.0 Å². The Balaban J connectivity index is 3.26. The predicted octanol–water partition coefficient (Wildman–Crippen LogP) is -7.33. The number of nitrogens with zero attached hydrogens (tertiary/aromatic N) is 2. The molecular formula is C30H48N10O16.